The molecule has 1 heterocycles. The molecular weight excluding hydrogens is 278 g/mol. The minimum Gasteiger partial charge on any atom is -0.376 e. The molecule has 0 saturated carbocycles. The predicted octanol–water partition coefficient (Wildman–Crippen LogP) is 3.18. The van der Waals surface area contributed by atoms with Crippen LogP contribution in [0.2, 0.25) is 0 Å². The van der Waals surface area contributed by atoms with Gasteiger partial charge in [0.05, 0.1) is 18.6 Å². The van der Waals surface area contributed by atoms with Crippen molar-refractivity contribution in [1.29, 1.82) is 5.26 Å². The number of rotatable bonds is 6. The van der Waals surface area contributed by atoms with Gasteiger partial charge in [-0.3, -0.25) is 0 Å². The molecule has 118 valence electrons. The summed E-state index contributed by atoms with van der Waals surface area (Å²) in [6.07, 6.45) is 3.40. The maximum absolute atomic E-state index is 12.4. The largest absolute Gasteiger partial charge is 0.376 e. The number of nitrogens with one attached hydrogen (secondary N) is 1. The number of anilines is 1. The molecule has 1 aromatic carbocycles. The van der Waals surface area contributed by atoms with Crippen LogP contribution >= 0.6 is 0 Å². The molecule has 5 nitrogen and oxygen atoms in total. The second kappa shape index (κ2) is 8.40. The van der Waals surface area contributed by atoms with E-state index >= 15 is 0 Å². The third-order valence-electron chi connectivity index (χ3n) is 3.84. The average Bonchev–Trinajstić information content (AvgIpc) is 3.05. The number of hydrogen-bond acceptors (Lipinski definition) is 3. The first-order chi connectivity index (χ1) is 10.7. The lowest BCUT2D eigenvalue weighted by Crippen LogP contribution is -2.40. The zero-order valence-corrected chi connectivity index (χ0v) is 13.0. The van der Waals surface area contributed by atoms with Gasteiger partial charge < -0.3 is 15.0 Å². The summed E-state index contributed by atoms with van der Waals surface area (Å²) in [5, 5.41) is 11.7. The van der Waals surface area contributed by atoms with Gasteiger partial charge in [-0.2, -0.15) is 5.26 Å². The van der Waals surface area contributed by atoms with Crippen molar-refractivity contribution in [3.63, 3.8) is 0 Å². The average molecular weight is 301 g/mol. The van der Waals surface area contributed by atoms with Gasteiger partial charge in [-0.1, -0.05) is 19.1 Å². The van der Waals surface area contributed by atoms with Crippen LogP contribution in [0.25, 0.3) is 0 Å². The number of amides is 2. The molecule has 0 radical (unpaired) electrons. The van der Waals surface area contributed by atoms with E-state index < -0.39 is 0 Å². The molecule has 0 bridgehead atoms. The number of nitrogens with zero attached hydrogens (tertiary/aromatic N) is 2. The van der Waals surface area contributed by atoms with Gasteiger partial charge in [0.2, 0.25) is 0 Å². The molecule has 2 amide bonds. The first kappa shape index (κ1) is 16.3. The highest BCUT2D eigenvalue weighted by atomic mass is 16.5. The zero-order chi connectivity index (χ0) is 15.8. The molecule has 1 N–H and O–H groups in total. The first-order valence-electron chi connectivity index (χ1n) is 7.86. The minimum absolute atomic E-state index is 0.0897. The van der Waals surface area contributed by atoms with Gasteiger partial charge in [-0.15, -0.1) is 0 Å². The van der Waals surface area contributed by atoms with Crippen molar-refractivity contribution in [2.24, 2.45) is 0 Å². The second-order valence-electron chi connectivity index (χ2n) is 5.47. The third-order valence-corrected chi connectivity index (χ3v) is 3.84. The third kappa shape index (κ3) is 4.74. The van der Waals surface area contributed by atoms with Gasteiger partial charge in [0.25, 0.3) is 0 Å². The van der Waals surface area contributed by atoms with Gasteiger partial charge in [0, 0.05) is 25.4 Å². The molecule has 1 unspecified atom stereocenters. The fraction of sp³-hybridized carbons (Fsp3) is 0.529. The van der Waals surface area contributed by atoms with Crippen molar-refractivity contribution in [2.45, 2.75) is 38.7 Å². The number of urea groups is 1. The van der Waals surface area contributed by atoms with Crippen molar-refractivity contribution >= 4 is 11.7 Å². The Morgan fingerprint density at radius 3 is 2.82 bits per heavy atom. The number of ether oxygens (including phenoxy) is 1. The van der Waals surface area contributed by atoms with Crippen molar-refractivity contribution < 1.29 is 9.53 Å². The number of aryl methyl sites for hydroxylation is 1. The summed E-state index contributed by atoms with van der Waals surface area (Å²) in [5.41, 5.74) is 2.01. The molecule has 1 aliphatic rings. The maximum Gasteiger partial charge on any atom is 0.321 e. The summed E-state index contributed by atoms with van der Waals surface area (Å²) in [5.74, 6) is 0. The maximum atomic E-state index is 12.4. The van der Waals surface area contributed by atoms with E-state index in [0.717, 1.165) is 31.6 Å². The second-order valence-corrected chi connectivity index (χ2v) is 5.47. The van der Waals surface area contributed by atoms with Gasteiger partial charge in [0.1, 0.15) is 0 Å². The van der Waals surface area contributed by atoms with Crippen LogP contribution in [0.15, 0.2) is 24.3 Å². The van der Waals surface area contributed by atoms with Crippen LogP contribution in [0.3, 0.4) is 0 Å². The molecule has 1 fully saturated rings. The molecule has 22 heavy (non-hydrogen) atoms. The van der Waals surface area contributed by atoms with E-state index in [1.807, 2.05) is 24.3 Å². The smallest absolute Gasteiger partial charge is 0.321 e. The number of nitriles is 1. The summed E-state index contributed by atoms with van der Waals surface area (Å²) in [6, 6.07) is 9.76. The van der Waals surface area contributed by atoms with E-state index in [2.05, 4.69) is 18.3 Å². The first-order valence-corrected chi connectivity index (χ1v) is 7.86. The lowest BCUT2D eigenvalue weighted by Gasteiger charge is -2.25. The van der Waals surface area contributed by atoms with E-state index in [4.69, 9.17) is 10.00 Å². The van der Waals surface area contributed by atoms with Crippen molar-refractivity contribution in [1.82, 2.24) is 4.90 Å². The van der Waals surface area contributed by atoms with E-state index in [-0.39, 0.29) is 12.1 Å². The molecule has 0 spiro atoms. The van der Waals surface area contributed by atoms with Crippen LogP contribution in [0, 0.1) is 11.3 Å². The van der Waals surface area contributed by atoms with Gasteiger partial charge >= 0.3 is 6.03 Å². The molecule has 5 heteroatoms. The van der Waals surface area contributed by atoms with Crippen LogP contribution in [0.5, 0.6) is 0 Å². The van der Waals surface area contributed by atoms with Crippen LogP contribution < -0.4 is 5.32 Å². The number of carbonyl (C=O) groups excluding carboxylic acids is 1. The summed E-state index contributed by atoms with van der Waals surface area (Å²) >= 11 is 0. The highest BCUT2D eigenvalue weighted by Crippen LogP contribution is 2.15. The normalized spacial score (nSPS) is 17.0. The lowest BCUT2D eigenvalue weighted by molar-refractivity contribution is 0.0841. The Morgan fingerprint density at radius 1 is 1.45 bits per heavy atom. The highest BCUT2D eigenvalue weighted by Gasteiger charge is 2.22. The van der Waals surface area contributed by atoms with Crippen LogP contribution in [0.1, 0.15) is 31.7 Å². The number of benzene rings is 1. The van der Waals surface area contributed by atoms with Crippen LogP contribution in [-0.2, 0) is 11.2 Å². The predicted molar refractivity (Wildman–Crippen MR) is 85.6 cm³/mol. The van der Waals surface area contributed by atoms with Crippen molar-refractivity contribution in [2.75, 3.05) is 25.0 Å². The van der Waals surface area contributed by atoms with Gasteiger partial charge in [0.15, 0.2) is 0 Å². The highest BCUT2D eigenvalue weighted by molar-refractivity contribution is 5.89. The monoisotopic (exact) mass is 301 g/mol. The Kier molecular flexibility index (Phi) is 6.23. The van der Waals surface area contributed by atoms with Crippen molar-refractivity contribution in [3.8, 4) is 6.07 Å². The Morgan fingerprint density at radius 2 is 2.23 bits per heavy atom. The summed E-state index contributed by atoms with van der Waals surface area (Å²) < 4.78 is 5.59. The fourth-order valence-corrected chi connectivity index (χ4v) is 2.52. The molecule has 0 aliphatic carbocycles. The van der Waals surface area contributed by atoms with E-state index in [1.165, 1.54) is 5.56 Å². The summed E-state index contributed by atoms with van der Waals surface area (Å²) in [7, 11) is 0. The Bertz CT molecular complexity index is 516. The quantitative estimate of drug-likeness (QED) is 0.877. The molecule has 1 aliphatic heterocycles. The van der Waals surface area contributed by atoms with Gasteiger partial charge in [-0.05, 0) is 37.0 Å². The van der Waals surface area contributed by atoms with Crippen LogP contribution in [-0.4, -0.2) is 36.7 Å². The molecule has 2 rings (SSSR count). The number of carbonyl (C=O) groups is 1. The molecule has 1 aromatic rings. The van der Waals surface area contributed by atoms with Crippen molar-refractivity contribution in [3.05, 3.63) is 29.8 Å². The summed E-state index contributed by atoms with van der Waals surface area (Å²) in [4.78, 5) is 14.1. The molecule has 1 atom stereocenters. The SMILES string of the molecule is CCc1ccc(NC(=O)N(CCC#N)CC2CCCO2)cc1. The lowest BCUT2D eigenvalue weighted by atomic mass is 10.1. The minimum atomic E-state index is -0.171. The Hall–Kier alpha value is -2.06. The Labute approximate surface area is 131 Å². The van der Waals surface area contributed by atoms with Crippen LogP contribution in [0.4, 0.5) is 10.5 Å². The zero-order valence-electron chi connectivity index (χ0n) is 13.0. The molecule has 0 aromatic heterocycles. The number of hydrogen-bond donors (Lipinski definition) is 1. The van der Waals surface area contributed by atoms with E-state index in [1.54, 1.807) is 4.90 Å². The van der Waals surface area contributed by atoms with E-state index in [0.29, 0.717) is 19.5 Å². The van der Waals surface area contributed by atoms with Gasteiger partial charge in [-0.25, -0.2) is 4.79 Å². The topological polar surface area (TPSA) is 65.4 Å². The Balaban J connectivity index is 1.95. The van der Waals surface area contributed by atoms with E-state index in [9.17, 15) is 4.79 Å². The molecule has 1 saturated heterocycles. The molecular formula is C17H23N3O2. The summed E-state index contributed by atoms with van der Waals surface area (Å²) in [6.45, 7) is 3.82. The standard InChI is InChI=1S/C17H23N3O2/c1-2-14-6-8-15(9-7-14)19-17(21)20(11-4-10-18)13-16-5-3-12-22-16/h6-9,16H,2-5,11-13H2,1H3,(H,19,21). The fourth-order valence-electron chi connectivity index (χ4n) is 2.52.